The van der Waals surface area contributed by atoms with Crippen LogP contribution in [0.25, 0.3) is 32.6 Å². The Morgan fingerprint density at radius 1 is 1.13 bits per heavy atom. The number of fused-ring (bicyclic) bond motifs is 1. The molecule has 0 radical (unpaired) electrons. The third kappa shape index (κ3) is 5.73. The number of rotatable bonds is 8. The lowest BCUT2D eigenvalue weighted by Gasteiger charge is -2.35. The Labute approximate surface area is 230 Å². The van der Waals surface area contributed by atoms with Gasteiger partial charge in [0.1, 0.15) is 5.65 Å². The van der Waals surface area contributed by atoms with Gasteiger partial charge in [-0.15, -0.1) is 11.3 Å². The fraction of sp³-hybridized carbons (Fsp3) is 0.233. The largest absolute Gasteiger partial charge is 0.472 e. The predicted octanol–water partition coefficient (Wildman–Crippen LogP) is 7.13. The summed E-state index contributed by atoms with van der Waals surface area (Å²) in [4.78, 5) is 35.8. The number of pyridine rings is 1. The molecule has 0 aliphatic heterocycles. The molecule has 0 bridgehead atoms. The molecule has 0 fully saturated rings. The zero-order chi connectivity index (χ0) is 27.6. The van der Waals surface area contributed by atoms with E-state index in [2.05, 4.69) is 15.3 Å². The average molecular weight is 543 g/mol. The number of aromatic amines is 1. The highest BCUT2D eigenvalue weighted by Crippen LogP contribution is 2.44. The van der Waals surface area contributed by atoms with E-state index in [9.17, 15) is 14.7 Å². The topological polar surface area (TPSA) is 111 Å². The van der Waals surface area contributed by atoms with E-state index < -0.39 is 17.6 Å². The van der Waals surface area contributed by atoms with Crippen molar-refractivity contribution in [2.45, 2.75) is 32.7 Å². The normalized spacial score (nSPS) is 12.4. The van der Waals surface area contributed by atoms with Crippen molar-refractivity contribution in [3.05, 3.63) is 85.1 Å². The quantitative estimate of drug-likeness (QED) is 0.193. The Balaban J connectivity index is 1.49. The lowest BCUT2D eigenvalue weighted by molar-refractivity contribution is -0.120. The molecular formula is C30H30N4O4S. The van der Waals surface area contributed by atoms with Gasteiger partial charge in [-0.2, -0.15) is 0 Å². The first-order valence-electron chi connectivity index (χ1n) is 12.6. The van der Waals surface area contributed by atoms with Crippen LogP contribution in [0.4, 0.5) is 9.80 Å². The summed E-state index contributed by atoms with van der Waals surface area (Å²) in [5, 5.41) is 14.6. The SMILES string of the molecule is CC(C)(C)N(CC(Cc1ccccc1)C(=O)Nc1cc(-c2c[nH]c3ncccc23)c(-c2ccoc2)s1)C(=O)O. The molecular weight excluding hydrogens is 512 g/mol. The molecule has 0 saturated heterocycles. The number of carbonyl (C=O) groups is 2. The summed E-state index contributed by atoms with van der Waals surface area (Å²) < 4.78 is 5.36. The predicted molar refractivity (Wildman–Crippen MR) is 154 cm³/mol. The number of H-pyrrole nitrogens is 1. The molecule has 5 aromatic rings. The number of hydrogen-bond donors (Lipinski definition) is 3. The van der Waals surface area contributed by atoms with Crippen LogP contribution in [-0.2, 0) is 11.2 Å². The number of carboxylic acid groups (broad SMARTS) is 1. The van der Waals surface area contributed by atoms with Gasteiger partial charge in [0, 0.05) is 51.4 Å². The summed E-state index contributed by atoms with van der Waals surface area (Å²) in [5.41, 5.74) is 3.90. The maximum Gasteiger partial charge on any atom is 0.407 e. The molecule has 0 aliphatic carbocycles. The smallest absolute Gasteiger partial charge is 0.407 e. The standard InChI is InChI=1S/C30H30N4O4S/c1-30(2,3)34(29(36)37)17-21(14-19-8-5-4-6-9-19)28(35)33-25-15-23(26(39-25)20-11-13-38-18-20)24-16-32-27-22(24)10-7-12-31-27/h4-13,15-16,18,21H,14,17H2,1-3H3,(H,31,32)(H,33,35)(H,36,37). The number of nitrogens with zero attached hydrogens (tertiary/aromatic N) is 2. The third-order valence-electron chi connectivity index (χ3n) is 6.64. The first kappa shape index (κ1) is 26.2. The fourth-order valence-electron chi connectivity index (χ4n) is 4.66. The molecule has 1 atom stereocenters. The van der Waals surface area contributed by atoms with Crippen LogP contribution >= 0.6 is 11.3 Å². The zero-order valence-corrected chi connectivity index (χ0v) is 22.8. The second-order valence-corrected chi connectivity index (χ2v) is 11.5. The summed E-state index contributed by atoms with van der Waals surface area (Å²) in [5.74, 6) is -0.829. The number of anilines is 1. The molecule has 0 aliphatic rings. The van der Waals surface area contributed by atoms with Gasteiger partial charge in [-0.25, -0.2) is 9.78 Å². The molecule has 5 rings (SSSR count). The number of carbonyl (C=O) groups excluding carboxylic acids is 1. The van der Waals surface area contributed by atoms with Crippen LogP contribution in [0, 0.1) is 5.92 Å². The number of furan rings is 1. The lowest BCUT2D eigenvalue weighted by atomic mass is 9.95. The second-order valence-electron chi connectivity index (χ2n) is 10.4. The molecule has 4 heterocycles. The van der Waals surface area contributed by atoms with E-state index in [0.717, 1.165) is 38.2 Å². The van der Waals surface area contributed by atoms with Crippen molar-refractivity contribution >= 4 is 39.4 Å². The highest BCUT2D eigenvalue weighted by molar-refractivity contribution is 7.20. The summed E-state index contributed by atoms with van der Waals surface area (Å²) in [6.07, 6.45) is 6.32. The van der Waals surface area contributed by atoms with Crippen LogP contribution in [0.1, 0.15) is 26.3 Å². The maximum atomic E-state index is 13.7. The van der Waals surface area contributed by atoms with Crippen molar-refractivity contribution in [2.24, 2.45) is 5.92 Å². The van der Waals surface area contributed by atoms with Gasteiger partial charge in [0.15, 0.2) is 0 Å². The van der Waals surface area contributed by atoms with Gasteiger partial charge in [-0.1, -0.05) is 30.3 Å². The van der Waals surface area contributed by atoms with Crippen LogP contribution < -0.4 is 5.32 Å². The molecule has 3 N–H and O–H groups in total. The number of hydrogen-bond acceptors (Lipinski definition) is 5. The van der Waals surface area contributed by atoms with Gasteiger partial charge >= 0.3 is 6.09 Å². The van der Waals surface area contributed by atoms with Crippen LogP contribution in [0.3, 0.4) is 0 Å². The summed E-state index contributed by atoms with van der Waals surface area (Å²) >= 11 is 1.45. The van der Waals surface area contributed by atoms with E-state index in [1.54, 1.807) is 18.7 Å². The molecule has 39 heavy (non-hydrogen) atoms. The number of nitrogens with one attached hydrogen (secondary N) is 2. The maximum absolute atomic E-state index is 13.7. The molecule has 2 amide bonds. The molecule has 8 nitrogen and oxygen atoms in total. The van der Waals surface area contributed by atoms with E-state index in [1.165, 1.54) is 16.2 Å². The van der Waals surface area contributed by atoms with Gasteiger partial charge in [0.25, 0.3) is 0 Å². The summed E-state index contributed by atoms with van der Waals surface area (Å²) in [6.45, 7) is 5.56. The molecule has 4 aromatic heterocycles. The van der Waals surface area contributed by atoms with Gasteiger partial charge in [0.05, 0.1) is 23.4 Å². The lowest BCUT2D eigenvalue weighted by Crippen LogP contribution is -2.49. The average Bonchev–Trinajstić information content (AvgIpc) is 3.65. The minimum Gasteiger partial charge on any atom is -0.472 e. The summed E-state index contributed by atoms with van der Waals surface area (Å²) in [7, 11) is 0. The van der Waals surface area contributed by atoms with Gasteiger partial charge in [-0.05, 0) is 57.0 Å². The zero-order valence-electron chi connectivity index (χ0n) is 22.0. The van der Waals surface area contributed by atoms with Crippen LogP contribution in [0.2, 0.25) is 0 Å². The second kappa shape index (κ2) is 10.8. The van der Waals surface area contributed by atoms with Crippen molar-refractivity contribution in [1.29, 1.82) is 0 Å². The highest BCUT2D eigenvalue weighted by atomic mass is 32.1. The Kier molecular flexibility index (Phi) is 7.26. The number of thiophene rings is 1. The highest BCUT2D eigenvalue weighted by Gasteiger charge is 2.32. The van der Waals surface area contributed by atoms with Crippen molar-refractivity contribution in [1.82, 2.24) is 14.9 Å². The molecule has 200 valence electrons. The van der Waals surface area contributed by atoms with Crippen LogP contribution in [0.5, 0.6) is 0 Å². The van der Waals surface area contributed by atoms with E-state index in [-0.39, 0.29) is 12.5 Å². The van der Waals surface area contributed by atoms with Crippen molar-refractivity contribution in [3.8, 4) is 21.6 Å². The summed E-state index contributed by atoms with van der Waals surface area (Å²) in [6, 6.07) is 17.4. The van der Waals surface area contributed by atoms with Crippen LogP contribution in [0.15, 0.2) is 83.9 Å². The Morgan fingerprint density at radius 3 is 2.62 bits per heavy atom. The molecule has 9 heteroatoms. The molecule has 1 aromatic carbocycles. The minimum atomic E-state index is -1.05. The Hall–Kier alpha value is -4.37. The van der Waals surface area contributed by atoms with E-state index in [1.807, 2.05) is 81.6 Å². The molecule has 0 saturated carbocycles. The number of benzene rings is 1. The Morgan fingerprint density at radius 2 is 1.92 bits per heavy atom. The fourth-order valence-corrected chi connectivity index (χ4v) is 5.72. The van der Waals surface area contributed by atoms with Crippen LogP contribution in [-0.4, -0.2) is 44.1 Å². The molecule has 0 spiro atoms. The Bertz CT molecular complexity index is 1580. The minimum absolute atomic E-state index is 0.0699. The monoisotopic (exact) mass is 542 g/mol. The van der Waals surface area contributed by atoms with E-state index >= 15 is 0 Å². The number of aromatic nitrogens is 2. The van der Waals surface area contributed by atoms with Crippen molar-refractivity contribution in [3.63, 3.8) is 0 Å². The first-order chi connectivity index (χ1) is 18.7. The van der Waals surface area contributed by atoms with E-state index in [4.69, 9.17) is 4.42 Å². The first-order valence-corrected chi connectivity index (χ1v) is 13.5. The molecule has 1 unspecified atom stereocenters. The van der Waals surface area contributed by atoms with Gasteiger partial charge in [0.2, 0.25) is 5.91 Å². The third-order valence-corrected chi connectivity index (χ3v) is 7.74. The van der Waals surface area contributed by atoms with Gasteiger partial charge < -0.3 is 24.7 Å². The number of amides is 2. The van der Waals surface area contributed by atoms with Crippen molar-refractivity contribution < 1.29 is 19.1 Å². The van der Waals surface area contributed by atoms with Gasteiger partial charge in [-0.3, -0.25) is 4.79 Å². The van der Waals surface area contributed by atoms with Crippen molar-refractivity contribution in [2.75, 3.05) is 11.9 Å². The van der Waals surface area contributed by atoms with E-state index in [0.29, 0.717) is 11.4 Å².